The zero-order valence-corrected chi connectivity index (χ0v) is 14.1. The van der Waals surface area contributed by atoms with Gasteiger partial charge in [-0.15, -0.1) is 0 Å². The Morgan fingerprint density at radius 3 is 2.30 bits per heavy atom. The Morgan fingerprint density at radius 1 is 1.00 bits per heavy atom. The van der Waals surface area contributed by atoms with E-state index in [1.54, 1.807) is 0 Å². The van der Waals surface area contributed by atoms with Gasteiger partial charge < -0.3 is 10.1 Å². The average molecular weight is 381 g/mol. The topological polar surface area (TPSA) is 21.3 Å². The van der Waals surface area contributed by atoms with Crippen LogP contribution in [0.25, 0.3) is 0 Å². The zero-order valence-electron chi connectivity index (χ0n) is 11.9. The Morgan fingerprint density at radius 2 is 1.65 bits per heavy atom. The second kappa shape index (κ2) is 7.64. The second-order valence-corrected chi connectivity index (χ2v) is 5.75. The van der Waals surface area contributed by atoms with Gasteiger partial charge in [0.2, 0.25) is 0 Å². The van der Waals surface area contributed by atoms with E-state index in [4.69, 9.17) is 4.74 Å². The van der Waals surface area contributed by atoms with E-state index in [0.29, 0.717) is 6.04 Å². The van der Waals surface area contributed by atoms with Crippen LogP contribution in [-0.4, -0.2) is 6.54 Å². The van der Waals surface area contributed by atoms with Crippen LogP contribution in [0.15, 0.2) is 48.5 Å². The minimum absolute atomic E-state index is 0.331. The van der Waals surface area contributed by atoms with Crippen molar-refractivity contribution in [3.05, 3.63) is 57.7 Å². The molecule has 0 amide bonds. The molecule has 0 aliphatic rings. The maximum atomic E-state index is 6.12. The van der Waals surface area contributed by atoms with Gasteiger partial charge in [0.1, 0.15) is 11.5 Å². The molecule has 2 rings (SSSR count). The highest BCUT2D eigenvalue weighted by Crippen LogP contribution is 2.32. The fourth-order valence-corrected chi connectivity index (χ4v) is 2.73. The van der Waals surface area contributed by atoms with E-state index >= 15 is 0 Å². The number of para-hydroxylation sites is 2. The lowest BCUT2D eigenvalue weighted by atomic mass is 10.0. The van der Waals surface area contributed by atoms with Crippen LogP contribution in [0.2, 0.25) is 0 Å². The maximum Gasteiger partial charge on any atom is 0.140 e. The van der Waals surface area contributed by atoms with E-state index in [9.17, 15) is 0 Å². The first-order chi connectivity index (χ1) is 9.76. The molecule has 0 saturated carbocycles. The second-order valence-electron chi connectivity index (χ2n) is 4.59. The van der Waals surface area contributed by atoms with Gasteiger partial charge in [-0.1, -0.05) is 44.2 Å². The fraction of sp³-hybridized carbons (Fsp3) is 0.294. The fourth-order valence-electron chi connectivity index (χ4n) is 2.23. The van der Waals surface area contributed by atoms with Crippen molar-refractivity contribution in [2.45, 2.75) is 26.3 Å². The Bertz CT molecular complexity index is 556. The van der Waals surface area contributed by atoms with Crippen molar-refractivity contribution in [2.75, 3.05) is 6.54 Å². The van der Waals surface area contributed by atoms with Gasteiger partial charge in [-0.3, -0.25) is 0 Å². The molecule has 1 unspecified atom stereocenters. The Hall–Kier alpha value is -1.07. The van der Waals surface area contributed by atoms with Crippen LogP contribution in [0.4, 0.5) is 0 Å². The lowest BCUT2D eigenvalue weighted by molar-refractivity contribution is 0.450. The Kier molecular flexibility index (Phi) is 5.86. The predicted octanol–water partition coefficient (Wildman–Crippen LogP) is 5.14. The third kappa shape index (κ3) is 3.73. The quantitative estimate of drug-likeness (QED) is 0.700. The molecule has 0 bridgehead atoms. The molecule has 0 aromatic heterocycles. The van der Waals surface area contributed by atoms with Gasteiger partial charge in [0.15, 0.2) is 0 Å². The van der Waals surface area contributed by atoms with E-state index in [0.717, 1.165) is 28.0 Å². The molecule has 0 aliphatic carbocycles. The van der Waals surface area contributed by atoms with Gasteiger partial charge >= 0.3 is 0 Å². The molecule has 2 nitrogen and oxygen atoms in total. The van der Waals surface area contributed by atoms with Crippen molar-refractivity contribution < 1.29 is 4.74 Å². The number of hydrogen-bond donors (Lipinski definition) is 1. The molecule has 1 atom stereocenters. The van der Waals surface area contributed by atoms with Crippen molar-refractivity contribution in [2.24, 2.45) is 0 Å². The largest absolute Gasteiger partial charge is 0.456 e. The summed E-state index contributed by atoms with van der Waals surface area (Å²) in [6.07, 6.45) is 1.04. The van der Waals surface area contributed by atoms with Gasteiger partial charge in [-0.2, -0.15) is 0 Å². The maximum absolute atomic E-state index is 6.12. The molecule has 2 aromatic rings. The summed E-state index contributed by atoms with van der Waals surface area (Å²) in [5.74, 6) is 1.84. The van der Waals surface area contributed by atoms with Gasteiger partial charge in [0, 0.05) is 11.6 Å². The highest BCUT2D eigenvalue weighted by Gasteiger charge is 2.14. The minimum atomic E-state index is 0.331. The summed E-state index contributed by atoms with van der Waals surface area (Å²) in [6, 6.07) is 16.7. The third-order valence-electron chi connectivity index (χ3n) is 3.21. The molecular formula is C17H20INO. The number of nitrogens with one attached hydrogen (secondary N) is 1. The summed E-state index contributed by atoms with van der Waals surface area (Å²) in [4.78, 5) is 0. The van der Waals surface area contributed by atoms with E-state index in [2.05, 4.69) is 60.0 Å². The first kappa shape index (κ1) is 15.3. The molecule has 2 aromatic carbocycles. The monoisotopic (exact) mass is 381 g/mol. The summed E-state index contributed by atoms with van der Waals surface area (Å²) < 4.78 is 7.24. The molecule has 0 spiro atoms. The number of ether oxygens (including phenoxy) is 1. The molecule has 0 heterocycles. The molecule has 0 radical (unpaired) electrons. The van der Waals surface area contributed by atoms with Crippen molar-refractivity contribution >= 4 is 22.6 Å². The SMILES string of the molecule is CCNC(CC)c1ccccc1Oc1ccccc1I. The predicted molar refractivity (Wildman–Crippen MR) is 92.4 cm³/mol. The van der Waals surface area contributed by atoms with Crippen LogP contribution in [0.5, 0.6) is 11.5 Å². The molecule has 3 heteroatoms. The lowest BCUT2D eigenvalue weighted by Crippen LogP contribution is -2.20. The number of rotatable bonds is 6. The van der Waals surface area contributed by atoms with Gasteiger partial charge in [-0.05, 0) is 53.8 Å². The van der Waals surface area contributed by atoms with Crippen molar-refractivity contribution in [3.8, 4) is 11.5 Å². The highest BCUT2D eigenvalue weighted by molar-refractivity contribution is 14.1. The van der Waals surface area contributed by atoms with Crippen LogP contribution < -0.4 is 10.1 Å². The zero-order chi connectivity index (χ0) is 14.4. The number of halogens is 1. The van der Waals surface area contributed by atoms with Crippen molar-refractivity contribution in [1.29, 1.82) is 0 Å². The number of benzene rings is 2. The molecule has 0 fully saturated rings. The van der Waals surface area contributed by atoms with Crippen LogP contribution in [0, 0.1) is 3.57 Å². The van der Waals surface area contributed by atoms with Crippen LogP contribution in [0.1, 0.15) is 31.9 Å². The van der Waals surface area contributed by atoms with Crippen LogP contribution >= 0.6 is 22.6 Å². The summed E-state index contributed by atoms with van der Waals surface area (Å²) in [5, 5.41) is 3.51. The molecule has 0 aliphatic heterocycles. The lowest BCUT2D eigenvalue weighted by Gasteiger charge is -2.20. The Balaban J connectivity index is 2.30. The van der Waals surface area contributed by atoms with Crippen LogP contribution in [-0.2, 0) is 0 Å². The minimum Gasteiger partial charge on any atom is -0.456 e. The molecule has 20 heavy (non-hydrogen) atoms. The van der Waals surface area contributed by atoms with Crippen LogP contribution in [0.3, 0.4) is 0 Å². The van der Waals surface area contributed by atoms with Crippen molar-refractivity contribution in [1.82, 2.24) is 5.32 Å². The summed E-state index contributed by atoms with van der Waals surface area (Å²) in [7, 11) is 0. The van der Waals surface area contributed by atoms with E-state index < -0.39 is 0 Å². The molecule has 1 N–H and O–H groups in total. The first-order valence-electron chi connectivity index (χ1n) is 7.01. The standard InChI is InChI=1S/C17H20INO/c1-3-15(19-4-2)13-9-5-7-11-16(13)20-17-12-8-6-10-14(17)18/h5-12,15,19H,3-4H2,1-2H3. The first-order valence-corrected chi connectivity index (χ1v) is 8.08. The highest BCUT2D eigenvalue weighted by atomic mass is 127. The van der Waals surface area contributed by atoms with E-state index in [1.807, 2.05) is 30.3 Å². The smallest absolute Gasteiger partial charge is 0.140 e. The molecule has 0 saturated heterocycles. The normalized spacial score (nSPS) is 12.2. The van der Waals surface area contributed by atoms with Gasteiger partial charge in [0.05, 0.1) is 3.57 Å². The number of hydrogen-bond acceptors (Lipinski definition) is 2. The van der Waals surface area contributed by atoms with Gasteiger partial charge in [-0.25, -0.2) is 0 Å². The third-order valence-corrected chi connectivity index (χ3v) is 4.10. The average Bonchev–Trinajstić information content (AvgIpc) is 2.48. The molecular weight excluding hydrogens is 361 g/mol. The summed E-state index contributed by atoms with van der Waals surface area (Å²) in [6.45, 7) is 5.28. The van der Waals surface area contributed by atoms with E-state index in [1.165, 1.54) is 5.56 Å². The van der Waals surface area contributed by atoms with E-state index in [-0.39, 0.29) is 0 Å². The summed E-state index contributed by atoms with van der Waals surface area (Å²) in [5.41, 5.74) is 1.22. The summed E-state index contributed by atoms with van der Waals surface area (Å²) >= 11 is 2.30. The van der Waals surface area contributed by atoms with Gasteiger partial charge in [0.25, 0.3) is 0 Å². The Labute approximate surface area is 134 Å². The van der Waals surface area contributed by atoms with Crippen molar-refractivity contribution in [3.63, 3.8) is 0 Å². The molecule has 106 valence electrons.